The number of hydrogen-bond acceptors (Lipinski definition) is 3. The van der Waals surface area contributed by atoms with Crippen molar-refractivity contribution in [1.82, 2.24) is 5.43 Å². The summed E-state index contributed by atoms with van der Waals surface area (Å²) in [6.07, 6.45) is 1.59. The van der Waals surface area contributed by atoms with Gasteiger partial charge in [-0.1, -0.05) is 53.1 Å². The lowest BCUT2D eigenvalue weighted by molar-refractivity contribution is 0.0955. The highest BCUT2D eigenvalue weighted by molar-refractivity contribution is 6.30. The van der Waals surface area contributed by atoms with Crippen molar-refractivity contribution < 1.29 is 9.90 Å². The Morgan fingerprint density at radius 2 is 1.48 bits per heavy atom. The molecular formula is C22H27ClN2O2. The van der Waals surface area contributed by atoms with Crippen LogP contribution in [0.25, 0.3) is 0 Å². The van der Waals surface area contributed by atoms with Crippen molar-refractivity contribution in [2.45, 2.75) is 52.4 Å². The minimum atomic E-state index is -0.311. The Morgan fingerprint density at radius 3 is 1.93 bits per heavy atom. The molecule has 0 spiro atoms. The molecule has 4 nitrogen and oxygen atoms in total. The van der Waals surface area contributed by atoms with E-state index in [0.29, 0.717) is 16.3 Å². The number of carbonyl (C=O) groups excluding carboxylic acids is 1. The number of phenolic OH excluding ortho intramolecular Hbond substituents is 1. The Kier molecular flexibility index (Phi) is 6.01. The molecule has 2 aromatic rings. The number of carbonyl (C=O) groups is 1. The van der Waals surface area contributed by atoms with Crippen molar-refractivity contribution in [3.63, 3.8) is 0 Å². The van der Waals surface area contributed by atoms with E-state index in [0.717, 1.165) is 16.7 Å². The van der Waals surface area contributed by atoms with Gasteiger partial charge >= 0.3 is 0 Å². The predicted molar refractivity (Wildman–Crippen MR) is 112 cm³/mol. The van der Waals surface area contributed by atoms with Crippen LogP contribution in [0.4, 0.5) is 0 Å². The van der Waals surface area contributed by atoms with Gasteiger partial charge in [0.1, 0.15) is 5.75 Å². The standard InChI is InChI=1S/C22H27ClN2O2/c1-21(2,3)17-11-14(12-18(19(17)26)22(4,5)6)13-24-25-20(27)15-7-9-16(23)10-8-15/h7-13,26H,1-6H3,(H,25,27). The van der Waals surface area contributed by atoms with Crippen LogP contribution < -0.4 is 5.43 Å². The maximum absolute atomic E-state index is 12.1. The lowest BCUT2D eigenvalue weighted by atomic mass is 9.78. The average molecular weight is 387 g/mol. The second-order valence-corrected chi connectivity index (χ2v) is 9.11. The van der Waals surface area contributed by atoms with Crippen molar-refractivity contribution in [3.8, 4) is 5.75 Å². The van der Waals surface area contributed by atoms with E-state index >= 15 is 0 Å². The van der Waals surface area contributed by atoms with Crippen LogP contribution in [0.5, 0.6) is 5.75 Å². The first kappa shape index (κ1) is 21.0. The van der Waals surface area contributed by atoms with Gasteiger partial charge in [0.15, 0.2) is 0 Å². The number of phenols is 1. The first-order valence-corrected chi connectivity index (χ1v) is 9.24. The number of nitrogens with one attached hydrogen (secondary N) is 1. The Morgan fingerprint density at radius 1 is 1.00 bits per heavy atom. The van der Waals surface area contributed by atoms with Crippen molar-refractivity contribution in [1.29, 1.82) is 0 Å². The third-order valence-electron chi connectivity index (χ3n) is 4.23. The van der Waals surface area contributed by atoms with Gasteiger partial charge in [-0.2, -0.15) is 5.10 Å². The summed E-state index contributed by atoms with van der Waals surface area (Å²) in [7, 11) is 0. The number of rotatable bonds is 3. The predicted octanol–water partition coefficient (Wildman–Crippen LogP) is 5.40. The van der Waals surface area contributed by atoms with Crippen LogP contribution >= 0.6 is 11.6 Å². The van der Waals surface area contributed by atoms with Gasteiger partial charge in [-0.15, -0.1) is 0 Å². The average Bonchev–Trinajstić information content (AvgIpc) is 2.54. The molecular weight excluding hydrogens is 360 g/mol. The molecule has 0 aliphatic heterocycles. The summed E-state index contributed by atoms with van der Waals surface area (Å²) in [6, 6.07) is 10.4. The molecule has 0 saturated heterocycles. The van der Waals surface area contributed by atoms with Crippen LogP contribution in [0.3, 0.4) is 0 Å². The third-order valence-corrected chi connectivity index (χ3v) is 4.49. The van der Waals surface area contributed by atoms with Crippen LogP contribution in [0.2, 0.25) is 5.02 Å². The number of amides is 1. The van der Waals surface area contributed by atoms with Crippen molar-refractivity contribution >= 4 is 23.7 Å². The molecule has 144 valence electrons. The topological polar surface area (TPSA) is 61.7 Å². The van der Waals surface area contributed by atoms with E-state index in [1.165, 1.54) is 0 Å². The highest BCUT2D eigenvalue weighted by atomic mass is 35.5. The second-order valence-electron chi connectivity index (χ2n) is 8.67. The van der Waals surface area contributed by atoms with Gasteiger partial charge < -0.3 is 5.11 Å². The molecule has 2 aromatic carbocycles. The van der Waals surface area contributed by atoms with E-state index in [-0.39, 0.29) is 16.7 Å². The molecule has 0 aliphatic rings. The van der Waals surface area contributed by atoms with E-state index in [1.54, 1.807) is 30.5 Å². The fraction of sp³-hybridized carbons (Fsp3) is 0.364. The van der Waals surface area contributed by atoms with Gasteiger partial charge in [-0.05, 0) is 52.8 Å². The summed E-state index contributed by atoms with van der Waals surface area (Å²) < 4.78 is 0. The van der Waals surface area contributed by atoms with Crippen molar-refractivity contribution in [2.24, 2.45) is 5.10 Å². The van der Waals surface area contributed by atoms with E-state index < -0.39 is 0 Å². The first-order valence-electron chi connectivity index (χ1n) is 8.86. The van der Waals surface area contributed by atoms with Gasteiger partial charge in [-0.3, -0.25) is 4.79 Å². The molecule has 0 atom stereocenters. The summed E-state index contributed by atoms with van der Waals surface area (Å²) in [5, 5.41) is 15.4. The van der Waals surface area contributed by atoms with Crippen LogP contribution in [0, 0.1) is 0 Å². The first-order chi connectivity index (χ1) is 12.4. The van der Waals surface area contributed by atoms with E-state index in [4.69, 9.17) is 11.6 Å². The van der Waals surface area contributed by atoms with Crippen molar-refractivity contribution in [3.05, 3.63) is 63.7 Å². The van der Waals surface area contributed by atoms with E-state index in [2.05, 4.69) is 52.1 Å². The molecule has 0 heterocycles. The summed E-state index contributed by atoms with van der Waals surface area (Å²) >= 11 is 5.83. The zero-order chi connectivity index (χ0) is 20.4. The summed E-state index contributed by atoms with van der Waals surface area (Å²) in [5.41, 5.74) is 5.07. The lowest BCUT2D eigenvalue weighted by Crippen LogP contribution is -2.19. The number of halogens is 1. The Hall–Kier alpha value is -2.33. The highest BCUT2D eigenvalue weighted by Crippen LogP contribution is 2.39. The van der Waals surface area contributed by atoms with Crippen LogP contribution in [0.15, 0.2) is 41.5 Å². The number of hydrazone groups is 1. The minimum absolute atomic E-state index is 0.222. The monoisotopic (exact) mass is 386 g/mol. The molecule has 1 amide bonds. The summed E-state index contributed by atoms with van der Waals surface area (Å²) in [4.78, 5) is 12.1. The molecule has 0 radical (unpaired) electrons. The molecule has 0 aromatic heterocycles. The molecule has 5 heteroatoms. The van der Waals surface area contributed by atoms with Crippen molar-refractivity contribution in [2.75, 3.05) is 0 Å². The Balaban J connectivity index is 2.31. The molecule has 2 N–H and O–H groups in total. The molecule has 2 rings (SSSR count). The fourth-order valence-corrected chi connectivity index (χ4v) is 2.83. The molecule has 0 aliphatic carbocycles. The SMILES string of the molecule is CC(C)(C)c1cc(C=NNC(=O)c2ccc(Cl)cc2)cc(C(C)(C)C)c1O. The smallest absolute Gasteiger partial charge is 0.271 e. The fourth-order valence-electron chi connectivity index (χ4n) is 2.71. The molecule has 0 saturated carbocycles. The second kappa shape index (κ2) is 7.73. The quantitative estimate of drug-likeness (QED) is 0.547. The lowest BCUT2D eigenvalue weighted by Gasteiger charge is -2.27. The zero-order valence-electron chi connectivity index (χ0n) is 16.7. The molecule has 0 unspecified atom stereocenters. The number of hydrogen-bond donors (Lipinski definition) is 2. The van der Waals surface area contributed by atoms with Crippen LogP contribution in [-0.2, 0) is 10.8 Å². The number of nitrogens with zero attached hydrogens (tertiary/aromatic N) is 1. The molecule has 0 fully saturated rings. The van der Waals surface area contributed by atoms with Crippen LogP contribution in [-0.4, -0.2) is 17.2 Å². The van der Waals surface area contributed by atoms with Gasteiger partial charge in [0.2, 0.25) is 0 Å². The maximum Gasteiger partial charge on any atom is 0.271 e. The zero-order valence-corrected chi connectivity index (χ0v) is 17.5. The maximum atomic E-state index is 12.1. The van der Waals surface area contributed by atoms with Gasteiger partial charge in [0, 0.05) is 21.7 Å². The van der Waals surface area contributed by atoms with Gasteiger partial charge in [0.05, 0.1) is 6.21 Å². The van der Waals surface area contributed by atoms with E-state index in [9.17, 15) is 9.90 Å². The molecule has 27 heavy (non-hydrogen) atoms. The third kappa shape index (κ3) is 5.33. The highest BCUT2D eigenvalue weighted by Gasteiger charge is 2.26. The summed E-state index contributed by atoms with van der Waals surface area (Å²) in [6.45, 7) is 12.3. The number of aromatic hydroxyl groups is 1. The largest absolute Gasteiger partial charge is 0.507 e. The van der Waals surface area contributed by atoms with E-state index in [1.807, 2.05) is 12.1 Å². The van der Waals surface area contributed by atoms with Crippen LogP contribution in [0.1, 0.15) is 68.6 Å². The number of benzene rings is 2. The van der Waals surface area contributed by atoms with Gasteiger partial charge in [0.25, 0.3) is 5.91 Å². The molecule has 0 bridgehead atoms. The Labute approximate surface area is 166 Å². The Bertz CT molecular complexity index is 822. The van der Waals surface area contributed by atoms with Gasteiger partial charge in [-0.25, -0.2) is 5.43 Å². The minimum Gasteiger partial charge on any atom is -0.507 e. The normalized spacial score (nSPS) is 12.4. The summed E-state index contributed by atoms with van der Waals surface area (Å²) in [5.74, 6) is 0.00568.